The monoisotopic (exact) mass is 421 g/mol. The molecule has 1 aromatic carbocycles. The van der Waals surface area contributed by atoms with Crippen LogP contribution in [0.25, 0.3) is 0 Å². The molecule has 11 heteroatoms. The number of aromatic nitrogens is 2. The Morgan fingerprint density at radius 1 is 1.38 bits per heavy atom. The van der Waals surface area contributed by atoms with Crippen LogP contribution >= 0.6 is 11.6 Å². The lowest BCUT2D eigenvalue weighted by molar-refractivity contribution is -0.384. The zero-order valence-electron chi connectivity index (χ0n) is 15.8. The number of nitro groups is 1. The third-order valence-corrected chi connectivity index (χ3v) is 4.80. The van der Waals surface area contributed by atoms with Crippen LogP contribution in [-0.4, -0.2) is 32.9 Å². The molecule has 1 atom stereocenters. The first kappa shape index (κ1) is 20.7. The first-order valence-electron chi connectivity index (χ1n) is 9.11. The van der Waals surface area contributed by atoms with Crippen molar-refractivity contribution in [3.8, 4) is 0 Å². The van der Waals surface area contributed by atoms with Crippen molar-refractivity contribution in [2.75, 3.05) is 0 Å². The van der Waals surface area contributed by atoms with E-state index in [0.717, 1.165) is 18.9 Å². The van der Waals surface area contributed by atoms with Gasteiger partial charge in [0.1, 0.15) is 6.04 Å². The first-order valence-corrected chi connectivity index (χ1v) is 9.49. The van der Waals surface area contributed by atoms with Gasteiger partial charge in [0, 0.05) is 18.1 Å². The van der Waals surface area contributed by atoms with E-state index in [4.69, 9.17) is 16.1 Å². The second-order valence-electron chi connectivity index (χ2n) is 7.15. The molecule has 154 valence electrons. The molecule has 1 aliphatic carbocycles. The van der Waals surface area contributed by atoms with Crippen LogP contribution in [0.15, 0.2) is 22.7 Å². The molecule has 2 amide bonds. The predicted molar refractivity (Wildman–Crippen MR) is 102 cm³/mol. The number of nitrogens with zero attached hydrogens (tertiary/aromatic N) is 3. The van der Waals surface area contributed by atoms with Crippen molar-refractivity contribution >= 4 is 29.1 Å². The van der Waals surface area contributed by atoms with Gasteiger partial charge >= 0.3 is 0 Å². The van der Waals surface area contributed by atoms with Gasteiger partial charge in [0.05, 0.1) is 22.1 Å². The third kappa shape index (κ3) is 5.08. The minimum Gasteiger partial charge on any atom is -0.345 e. The zero-order chi connectivity index (χ0) is 21.1. The summed E-state index contributed by atoms with van der Waals surface area (Å²) in [5.74, 6) is 0.0474. The van der Waals surface area contributed by atoms with E-state index in [1.54, 1.807) is 13.8 Å². The number of carbonyl (C=O) groups excluding carboxylic acids is 2. The Hall–Kier alpha value is -3.01. The molecule has 0 radical (unpaired) electrons. The van der Waals surface area contributed by atoms with Crippen molar-refractivity contribution in [3.63, 3.8) is 0 Å². The molecule has 1 fully saturated rings. The molecule has 2 aromatic rings. The van der Waals surface area contributed by atoms with Crippen molar-refractivity contribution in [3.05, 3.63) is 50.6 Å². The molecule has 3 rings (SSSR count). The first-order chi connectivity index (χ1) is 13.8. The second kappa shape index (κ2) is 8.56. The number of nitro benzene ring substituents is 1. The maximum absolute atomic E-state index is 12.6. The Morgan fingerprint density at radius 3 is 2.69 bits per heavy atom. The van der Waals surface area contributed by atoms with E-state index in [1.807, 2.05) is 0 Å². The zero-order valence-corrected chi connectivity index (χ0v) is 16.6. The van der Waals surface area contributed by atoms with Gasteiger partial charge in [0.15, 0.2) is 5.82 Å². The van der Waals surface area contributed by atoms with E-state index >= 15 is 0 Å². The largest absolute Gasteiger partial charge is 0.345 e. The van der Waals surface area contributed by atoms with Crippen LogP contribution in [0.4, 0.5) is 5.69 Å². The normalized spacial score (nSPS) is 14.5. The molecule has 1 aromatic heterocycles. The molecule has 29 heavy (non-hydrogen) atoms. The summed E-state index contributed by atoms with van der Waals surface area (Å²) in [5, 5.41) is 19.9. The highest BCUT2D eigenvalue weighted by Gasteiger charge is 2.29. The van der Waals surface area contributed by atoms with Crippen molar-refractivity contribution in [1.82, 2.24) is 20.8 Å². The fraction of sp³-hybridized carbons (Fsp3) is 0.444. The number of halogens is 1. The molecule has 2 N–H and O–H groups in total. The van der Waals surface area contributed by atoms with Gasteiger partial charge in [-0.15, -0.1) is 0 Å². The molecular weight excluding hydrogens is 402 g/mol. The van der Waals surface area contributed by atoms with Gasteiger partial charge in [-0.05, 0) is 24.8 Å². The van der Waals surface area contributed by atoms with E-state index in [9.17, 15) is 19.7 Å². The smallest absolute Gasteiger partial charge is 0.270 e. The molecule has 0 spiro atoms. The van der Waals surface area contributed by atoms with Gasteiger partial charge < -0.3 is 15.2 Å². The van der Waals surface area contributed by atoms with Gasteiger partial charge in [0.25, 0.3) is 11.6 Å². The van der Waals surface area contributed by atoms with E-state index in [0.29, 0.717) is 17.6 Å². The van der Waals surface area contributed by atoms with Crippen molar-refractivity contribution < 1.29 is 19.0 Å². The standard InChI is InChI=1S/C18H20ClN5O5/c1-9(2)15(18(26)20-8-14-21-16(23-29-14)10-3-4-10)22-17(25)12-6-5-11(24(27)28)7-13(12)19/h5-7,9-10,15H,3-4,8H2,1-2H3,(H,20,26)(H,22,25). The van der Waals surface area contributed by atoms with Crippen molar-refractivity contribution in [2.45, 2.75) is 45.2 Å². The molecule has 0 aliphatic heterocycles. The van der Waals surface area contributed by atoms with Crippen LogP contribution < -0.4 is 10.6 Å². The van der Waals surface area contributed by atoms with Gasteiger partial charge in [-0.25, -0.2) is 0 Å². The highest BCUT2D eigenvalue weighted by molar-refractivity contribution is 6.34. The predicted octanol–water partition coefficient (Wildman–Crippen LogP) is 2.58. The summed E-state index contributed by atoms with van der Waals surface area (Å²) in [5.41, 5.74) is -0.184. The summed E-state index contributed by atoms with van der Waals surface area (Å²) in [6, 6.07) is 2.68. The minimum absolute atomic E-state index is 0.0432. The van der Waals surface area contributed by atoms with Gasteiger partial charge in [-0.2, -0.15) is 4.98 Å². The SMILES string of the molecule is CC(C)C(NC(=O)c1ccc([N+](=O)[O-])cc1Cl)C(=O)NCc1nc(C2CC2)no1. The maximum Gasteiger partial charge on any atom is 0.270 e. The lowest BCUT2D eigenvalue weighted by Gasteiger charge is -2.21. The topological polar surface area (TPSA) is 140 Å². The maximum atomic E-state index is 12.6. The van der Waals surface area contributed by atoms with Crippen LogP contribution in [0.2, 0.25) is 5.02 Å². The average Bonchev–Trinajstić information content (AvgIpc) is 3.41. The Balaban J connectivity index is 1.63. The Morgan fingerprint density at radius 2 is 2.10 bits per heavy atom. The molecule has 0 saturated heterocycles. The van der Waals surface area contributed by atoms with E-state index in [2.05, 4.69) is 20.8 Å². The Bertz CT molecular complexity index is 940. The summed E-state index contributed by atoms with van der Waals surface area (Å²) < 4.78 is 5.12. The highest BCUT2D eigenvalue weighted by atomic mass is 35.5. The van der Waals surface area contributed by atoms with Crippen molar-refractivity contribution in [1.29, 1.82) is 0 Å². The van der Waals surface area contributed by atoms with Crippen LogP contribution in [0.3, 0.4) is 0 Å². The number of rotatable bonds is 8. The fourth-order valence-corrected chi connectivity index (χ4v) is 2.94. The van der Waals surface area contributed by atoms with Crippen LogP contribution in [0, 0.1) is 16.0 Å². The highest BCUT2D eigenvalue weighted by Crippen LogP contribution is 2.38. The fourth-order valence-electron chi connectivity index (χ4n) is 2.68. The molecule has 1 unspecified atom stereocenters. The molecular formula is C18H20ClN5O5. The molecule has 1 aliphatic rings. The van der Waals surface area contributed by atoms with E-state index < -0.39 is 22.8 Å². The number of non-ortho nitro benzene ring substituents is 1. The summed E-state index contributed by atoms with van der Waals surface area (Å²) >= 11 is 5.99. The summed E-state index contributed by atoms with van der Waals surface area (Å²) in [6.07, 6.45) is 2.08. The lowest BCUT2D eigenvalue weighted by Crippen LogP contribution is -2.49. The van der Waals surface area contributed by atoms with E-state index in [-0.39, 0.29) is 28.7 Å². The molecule has 10 nitrogen and oxygen atoms in total. The minimum atomic E-state index is -0.848. The number of hydrogen-bond donors (Lipinski definition) is 2. The number of nitrogens with one attached hydrogen (secondary N) is 2. The number of amides is 2. The number of hydrogen-bond acceptors (Lipinski definition) is 7. The van der Waals surface area contributed by atoms with E-state index in [1.165, 1.54) is 12.1 Å². The average molecular weight is 422 g/mol. The number of carbonyl (C=O) groups is 2. The summed E-state index contributed by atoms with van der Waals surface area (Å²) in [6.45, 7) is 3.61. The number of benzene rings is 1. The van der Waals surface area contributed by atoms with Crippen LogP contribution in [0.5, 0.6) is 0 Å². The second-order valence-corrected chi connectivity index (χ2v) is 7.56. The summed E-state index contributed by atoms with van der Waals surface area (Å²) in [7, 11) is 0. The van der Waals surface area contributed by atoms with Crippen LogP contribution in [0.1, 0.15) is 54.7 Å². The van der Waals surface area contributed by atoms with Gasteiger partial charge in [0.2, 0.25) is 11.8 Å². The molecule has 1 saturated carbocycles. The third-order valence-electron chi connectivity index (χ3n) is 4.48. The lowest BCUT2D eigenvalue weighted by atomic mass is 10.0. The Labute approximate surface area is 171 Å². The molecule has 1 heterocycles. The van der Waals surface area contributed by atoms with Gasteiger partial charge in [-0.1, -0.05) is 30.6 Å². The summed E-state index contributed by atoms with van der Waals surface area (Å²) in [4.78, 5) is 39.5. The van der Waals surface area contributed by atoms with Crippen molar-refractivity contribution in [2.24, 2.45) is 5.92 Å². The molecule has 0 bridgehead atoms. The van der Waals surface area contributed by atoms with Gasteiger partial charge in [-0.3, -0.25) is 19.7 Å². The quantitative estimate of drug-likeness (QED) is 0.493. The van der Waals surface area contributed by atoms with Crippen LogP contribution in [-0.2, 0) is 11.3 Å². The Kier molecular flexibility index (Phi) is 6.12.